The van der Waals surface area contributed by atoms with E-state index in [9.17, 15) is 4.79 Å². The highest BCUT2D eigenvalue weighted by atomic mass is 16.5. The number of nitrogens with two attached hydrogens (primary N) is 1. The first kappa shape index (κ1) is 13.5. The minimum absolute atomic E-state index is 0.230. The summed E-state index contributed by atoms with van der Waals surface area (Å²) >= 11 is 0. The van der Waals surface area contributed by atoms with Gasteiger partial charge in [-0.2, -0.15) is 5.10 Å². The SMILES string of the molecule is CCn1ncc(N)c1C(=O)NCC(C)(C)OC. The van der Waals surface area contributed by atoms with E-state index >= 15 is 0 Å². The Balaban J connectivity index is 2.73. The molecule has 1 heterocycles. The van der Waals surface area contributed by atoms with Crippen LogP contribution in [-0.2, 0) is 11.3 Å². The zero-order chi connectivity index (χ0) is 13.1. The van der Waals surface area contributed by atoms with E-state index in [1.54, 1.807) is 11.8 Å². The molecular weight excluding hydrogens is 220 g/mol. The van der Waals surface area contributed by atoms with Gasteiger partial charge in [-0.1, -0.05) is 0 Å². The average molecular weight is 240 g/mol. The van der Waals surface area contributed by atoms with Gasteiger partial charge in [0, 0.05) is 20.2 Å². The lowest BCUT2D eigenvalue weighted by Gasteiger charge is -2.23. The van der Waals surface area contributed by atoms with E-state index in [0.717, 1.165) is 0 Å². The van der Waals surface area contributed by atoms with Crippen LogP contribution >= 0.6 is 0 Å². The van der Waals surface area contributed by atoms with Gasteiger partial charge in [-0.3, -0.25) is 9.48 Å². The molecule has 0 aromatic carbocycles. The smallest absolute Gasteiger partial charge is 0.271 e. The fourth-order valence-electron chi connectivity index (χ4n) is 1.34. The van der Waals surface area contributed by atoms with Crippen molar-refractivity contribution >= 4 is 11.6 Å². The molecule has 0 bridgehead atoms. The average Bonchev–Trinajstić information content (AvgIpc) is 2.67. The Bertz CT molecular complexity index is 398. The molecule has 0 aliphatic rings. The highest BCUT2D eigenvalue weighted by Crippen LogP contribution is 2.11. The molecule has 0 fully saturated rings. The number of methoxy groups -OCH3 is 1. The molecule has 0 saturated carbocycles. The van der Waals surface area contributed by atoms with E-state index in [0.29, 0.717) is 24.5 Å². The monoisotopic (exact) mass is 240 g/mol. The van der Waals surface area contributed by atoms with E-state index in [4.69, 9.17) is 10.5 Å². The lowest BCUT2D eigenvalue weighted by atomic mass is 10.1. The van der Waals surface area contributed by atoms with Gasteiger partial charge in [0.2, 0.25) is 0 Å². The minimum Gasteiger partial charge on any atom is -0.396 e. The van der Waals surface area contributed by atoms with E-state index in [1.165, 1.54) is 6.20 Å². The van der Waals surface area contributed by atoms with Crippen LogP contribution in [0.3, 0.4) is 0 Å². The van der Waals surface area contributed by atoms with Gasteiger partial charge >= 0.3 is 0 Å². The van der Waals surface area contributed by atoms with Crippen molar-refractivity contribution in [3.05, 3.63) is 11.9 Å². The Morgan fingerprint density at radius 2 is 2.29 bits per heavy atom. The molecule has 1 aromatic heterocycles. The number of carbonyl (C=O) groups excluding carboxylic acids is 1. The van der Waals surface area contributed by atoms with Gasteiger partial charge in [0.05, 0.1) is 17.5 Å². The second-order valence-electron chi connectivity index (χ2n) is 4.41. The number of hydrogen-bond donors (Lipinski definition) is 2. The molecule has 0 aliphatic carbocycles. The molecule has 1 amide bonds. The number of anilines is 1. The maximum Gasteiger partial charge on any atom is 0.271 e. The number of nitrogens with zero attached hydrogens (tertiary/aromatic N) is 2. The molecule has 0 aliphatic heterocycles. The first-order chi connectivity index (χ1) is 7.91. The van der Waals surface area contributed by atoms with E-state index in [2.05, 4.69) is 10.4 Å². The van der Waals surface area contributed by atoms with Crippen molar-refractivity contribution in [2.45, 2.75) is 32.9 Å². The van der Waals surface area contributed by atoms with Gasteiger partial charge in [0.25, 0.3) is 5.91 Å². The third kappa shape index (κ3) is 3.20. The number of amides is 1. The first-order valence-corrected chi connectivity index (χ1v) is 5.56. The summed E-state index contributed by atoms with van der Waals surface area (Å²) in [5.74, 6) is -0.230. The summed E-state index contributed by atoms with van der Waals surface area (Å²) in [7, 11) is 1.61. The normalized spacial score (nSPS) is 11.5. The van der Waals surface area contributed by atoms with Crippen LogP contribution in [0.25, 0.3) is 0 Å². The van der Waals surface area contributed by atoms with Crippen molar-refractivity contribution in [2.75, 3.05) is 19.4 Å². The fourth-order valence-corrected chi connectivity index (χ4v) is 1.34. The highest BCUT2D eigenvalue weighted by molar-refractivity contribution is 5.97. The quantitative estimate of drug-likeness (QED) is 0.791. The molecule has 96 valence electrons. The summed E-state index contributed by atoms with van der Waals surface area (Å²) in [6, 6.07) is 0. The fraction of sp³-hybridized carbons (Fsp3) is 0.636. The molecule has 17 heavy (non-hydrogen) atoms. The van der Waals surface area contributed by atoms with Crippen LogP contribution in [0.5, 0.6) is 0 Å². The molecule has 3 N–H and O–H groups in total. The van der Waals surface area contributed by atoms with Gasteiger partial charge in [0.15, 0.2) is 0 Å². The minimum atomic E-state index is -0.401. The van der Waals surface area contributed by atoms with Crippen LogP contribution in [-0.4, -0.2) is 34.9 Å². The maximum atomic E-state index is 12.0. The summed E-state index contributed by atoms with van der Waals surface area (Å²) in [6.45, 7) is 6.72. The Kier molecular flexibility index (Phi) is 4.11. The van der Waals surface area contributed by atoms with Crippen molar-refractivity contribution in [1.29, 1.82) is 0 Å². The molecular formula is C11H20N4O2. The Morgan fingerprint density at radius 3 is 2.82 bits per heavy atom. The van der Waals surface area contributed by atoms with Crippen LogP contribution in [0, 0.1) is 0 Å². The predicted molar refractivity (Wildman–Crippen MR) is 65.7 cm³/mol. The number of nitrogens with one attached hydrogen (secondary N) is 1. The van der Waals surface area contributed by atoms with E-state index in [-0.39, 0.29) is 5.91 Å². The largest absolute Gasteiger partial charge is 0.396 e. The maximum absolute atomic E-state index is 12.0. The van der Waals surface area contributed by atoms with Crippen molar-refractivity contribution < 1.29 is 9.53 Å². The van der Waals surface area contributed by atoms with Crippen LogP contribution in [0.2, 0.25) is 0 Å². The van der Waals surface area contributed by atoms with Gasteiger partial charge in [-0.25, -0.2) is 0 Å². The highest BCUT2D eigenvalue weighted by Gasteiger charge is 2.21. The number of carbonyl (C=O) groups is 1. The Morgan fingerprint density at radius 1 is 1.65 bits per heavy atom. The van der Waals surface area contributed by atoms with Gasteiger partial charge in [0.1, 0.15) is 5.69 Å². The number of hydrogen-bond acceptors (Lipinski definition) is 4. The zero-order valence-electron chi connectivity index (χ0n) is 10.8. The summed E-state index contributed by atoms with van der Waals surface area (Å²) in [6.07, 6.45) is 1.49. The standard InChI is InChI=1S/C11H20N4O2/c1-5-15-9(8(12)6-14-15)10(16)13-7-11(2,3)17-4/h6H,5,7,12H2,1-4H3,(H,13,16). The van der Waals surface area contributed by atoms with Crippen LogP contribution < -0.4 is 11.1 Å². The van der Waals surface area contributed by atoms with E-state index in [1.807, 2.05) is 20.8 Å². The summed E-state index contributed by atoms with van der Waals surface area (Å²) in [4.78, 5) is 12.0. The topological polar surface area (TPSA) is 82.2 Å². The third-order valence-corrected chi connectivity index (χ3v) is 2.61. The number of ether oxygens (including phenoxy) is 1. The molecule has 0 radical (unpaired) electrons. The van der Waals surface area contributed by atoms with Crippen molar-refractivity contribution in [1.82, 2.24) is 15.1 Å². The number of rotatable bonds is 5. The number of aryl methyl sites for hydroxylation is 1. The van der Waals surface area contributed by atoms with E-state index < -0.39 is 5.60 Å². The van der Waals surface area contributed by atoms with Gasteiger partial charge in [-0.05, 0) is 20.8 Å². The molecule has 1 rings (SSSR count). The molecule has 6 heteroatoms. The van der Waals surface area contributed by atoms with Crippen LogP contribution in [0.1, 0.15) is 31.3 Å². The van der Waals surface area contributed by atoms with Crippen LogP contribution in [0.15, 0.2) is 6.20 Å². The van der Waals surface area contributed by atoms with Gasteiger partial charge in [-0.15, -0.1) is 0 Å². The second kappa shape index (κ2) is 5.18. The Hall–Kier alpha value is -1.56. The Labute approximate surface area is 101 Å². The lowest BCUT2D eigenvalue weighted by molar-refractivity contribution is 0.0227. The summed E-state index contributed by atoms with van der Waals surface area (Å²) in [5, 5.41) is 6.81. The van der Waals surface area contributed by atoms with Crippen molar-refractivity contribution in [3.63, 3.8) is 0 Å². The molecule has 0 saturated heterocycles. The molecule has 6 nitrogen and oxygen atoms in total. The predicted octanol–water partition coefficient (Wildman–Crippen LogP) is 0.640. The van der Waals surface area contributed by atoms with Crippen LogP contribution in [0.4, 0.5) is 5.69 Å². The zero-order valence-corrected chi connectivity index (χ0v) is 10.8. The number of nitrogen functional groups attached to an aromatic ring is 1. The van der Waals surface area contributed by atoms with Crippen molar-refractivity contribution in [3.8, 4) is 0 Å². The molecule has 0 spiro atoms. The summed E-state index contributed by atoms with van der Waals surface area (Å²) < 4.78 is 6.80. The summed E-state index contributed by atoms with van der Waals surface area (Å²) in [5.41, 5.74) is 6.10. The van der Waals surface area contributed by atoms with Gasteiger partial charge < -0.3 is 15.8 Å². The first-order valence-electron chi connectivity index (χ1n) is 5.56. The second-order valence-corrected chi connectivity index (χ2v) is 4.41. The lowest BCUT2D eigenvalue weighted by Crippen LogP contribution is -2.40. The number of aromatic nitrogens is 2. The van der Waals surface area contributed by atoms with Crippen molar-refractivity contribution in [2.24, 2.45) is 0 Å². The molecule has 0 atom stereocenters. The third-order valence-electron chi connectivity index (χ3n) is 2.61. The molecule has 0 unspecified atom stereocenters. The molecule has 1 aromatic rings.